The SMILES string of the molecule is CC(C)(C)n1ncc2c(=O)[nH]c(NCC3CN4CCN3CC4)nc21. The summed E-state index contributed by atoms with van der Waals surface area (Å²) in [6.45, 7) is 12.6. The molecule has 2 N–H and O–H groups in total. The van der Waals surface area contributed by atoms with E-state index in [1.807, 2.05) is 0 Å². The van der Waals surface area contributed by atoms with E-state index in [0.29, 0.717) is 23.0 Å². The quantitative estimate of drug-likeness (QED) is 0.841. The van der Waals surface area contributed by atoms with E-state index in [4.69, 9.17) is 0 Å². The van der Waals surface area contributed by atoms with Crippen LogP contribution < -0.4 is 10.9 Å². The summed E-state index contributed by atoms with van der Waals surface area (Å²) in [7, 11) is 0. The van der Waals surface area contributed by atoms with E-state index >= 15 is 0 Å². The van der Waals surface area contributed by atoms with Crippen LogP contribution in [0.25, 0.3) is 11.0 Å². The van der Waals surface area contributed by atoms with E-state index in [-0.39, 0.29) is 11.1 Å². The van der Waals surface area contributed by atoms with Crippen LogP contribution in [0.1, 0.15) is 20.8 Å². The van der Waals surface area contributed by atoms with E-state index in [2.05, 4.69) is 51.0 Å². The van der Waals surface area contributed by atoms with Crippen molar-refractivity contribution in [3.63, 3.8) is 0 Å². The van der Waals surface area contributed by atoms with Crippen LogP contribution in [0.2, 0.25) is 0 Å². The lowest BCUT2D eigenvalue weighted by molar-refractivity contribution is 0.0189. The molecule has 2 aromatic rings. The highest BCUT2D eigenvalue weighted by molar-refractivity contribution is 5.74. The third-order valence-electron chi connectivity index (χ3n) is 4.97. The van der Waals surface area contributed by atoms with Crippen LogP contribution in [0.5, 0.6) is 0 Å². The van der Waals surface area contributed by atoms with Crippen LogP contribution in [0.3, 0.4) is 0 Å². The van der Waals surface area contributed by atoms with Gasteiger partial charge >= 0.3 is 0 Å². The third kappa shape index (κ3) is 2.69. The van der Waals surface area contributed by atoms with Crippen molar-refractivity contribution in [2.24, 2.45) is 0 Å². The van der Waals surface area contributed by atoms with Gasteiger partial charge in [0.2, 0.25) is 5.95 Å². The summed E-state index contributed by atoms with van der Waals surface area (Å²) in [5.41, 5.74) is 0.261. The predicted molar refractivity (Wildman–Crippen MR) is 93.4 cm³/mol. The van der Waals surface area contributed by atoms with Gasteiger partial charge in [0.25, 0.3) is 5.56 Å². The summed E-state index contributed by atoms with van der Waals surface area (Å²) in [4.78, 5) is 24.8. The Labute approximate surface area is 140 Å². The maximum absolute atomic E-state index is 12.3. The number of hydrogen-bond acceptors (Lipinski definition) is 6. The zero-order valence-corrected chi connectivity index (χ0v) is 14.5. The molecule has 5 heterocycles. The molecule has 8 nitrogen and oxygen atoms in total. The highest BCUT2D eigenvalue weighted by Gasteiger charge is 2.31. The first-order chi connectivity index (χ1) is 11.4. The molecule has 130 valence electrons. The van der Waals surface area contributed by atoms with E-state index in [1.165, 1.54) is 13.1 Å². The van der Waals surface area contributed by atoms with E-state index in [0.717, 1.165) is 26.2 Å². The number of aromatic nitrogens is 4. The molecule has 1 atom stereocenters. The molecule has 0 aromatic carbocycles. The zero-order valence-electron chi connectivity index (χ0n) is 14.5. The van der Waals surface area contributed by atoms with Gasteiger partial charge < -0.3 is 5.32 Å². The summed E-state index contributed by atoms with van der Waals surface area (Å²) < 4.78 is 1.81. The smallest absolute Gasteiger partial charge is 0.263 e. The Bertz CT molecular complexity index is 795. The van der Waals surface area contributed by atoms with Crippen molar-refractivity contribution in [1.29, 1.82) is 0 Å². The Morgan fingerprint density at radius 3 is 2.67 bits per heavy atom. The monoisotopic (exact) mass is 331 g/mol. The standard InChI is InChI=1S/C16H25N7O/c1-16(2,3)23-13-12(9-18-23)14(24)20-15(19-13)17-8-11-10-21-4-6-22(11)7-5-21/h9,11H,4-8,10H2,1-3H3,(H2,17,19,20,24). The van der Waals surface area contributed by atoms with Crippen molar-refractivity contribution >= 4 is 17.0 Å². The molecule has 24 heavy (non-hydrogen) atoms. The Balaban J connectivity index is 1.57. The van der Waals surface area contributed by atoms with Crippen LogP contribution in [0.15, 0.2) is 11.0 Å². The van der Waals surface area contributed by atoms with Gasteiger partial charge in [-0.05, 0) is 20.8 Å². The van der Waals surface area contributed by atoms with Crippen LogP contribution in [-0.4, -0.2) is 74.9 Å². The van der Waals surface area contributed by atoms with E-state index in [9.17, 15) is 4.79 Å². The van der Waals surface area contributed by atoms with Gasteiger partial charge in [-0.25, -0.2) is 4.68 Å². The van der Waals surface area contributed by atoms with Crippen molar-refractivity contribution in [3.8, 4) is 0 Å². The fraction of sp³-hybridized carbons (Fsp3) is 0.688. The van der Waals surface area contributed by atoms with Crippen molar-refractivity contribution in [1.82, 2.24) is 29.5 Å². The number of nitrogens with zero attached hydrogens (tertiary/aromatic N) is 5. The molecular weight excluding hydrogens is 306 g/mol. The molecule has 3 saturated heterocycles. The molecule has 0 amide bonds. The maximum Gasteiger partial charge on any atom is 0.263 e. The summed E-state index contributed by atoms with van der Waals surface area (Å²) in [6.07, 6.45) is 1.59. The van der Waals surface area contributed by atoms with Gasteiger partial charge in [-0.3, -0.25) is 19.6 Å². The van der Waals surface area contributed by atoms with Crippen LogP contribution in [0, 0.1) is 0 Å². The molecule has 3 aliphatic heterocycles. The molecule has 8 heteroatoms. The highest BCUT2D eigenvalue weighted by Crippen LogP contribution is 2.19. The third-order valence-corrected chi connectivity index (χ3v) is 4.97. The molecule has 5 rings (SSSR count). The van der Waals surface area contributed by atoms with Gasteiger partial charge in [-0.1, -0.05) is 0 Å². The van der Waals surface area contributed by atoms with Gasteiger partial charge in [-0.15, -0.1) is 0 Å². The predicted octanol–water partition coefficient (Wildman–Crippen LogP) is 0.286. The average molecular weight is 331 g/mol. The molecule has 3 aliphatic rings. The van der Waals surface area contributed by atoms with Crippen LogP contribution in [-0.2, 0) is 5.54 Å². The Hall–Kier alpha value is -1.93. The molecule has 0 saturated carbocycles. The summed E-state index contributed by atoms with van der Waals surface area (Å²) in [5, 5.41) is 8.20. The normalized spacial score (nSPS) is 26.9. The fourth-order valence-electron chi connectivity index (χ4n) is 3.63. The highest BCUT2D eigenvalue weighted by atomic mass is 16.1. The lowest BCUT2D eigenvalue weighted by Crippen LogP contribution is -2.62. The fourth-order valence-corrected chi connectivity index (χ4v) is 3.63. The first kappa shape index (κ1) is 15.6. The summed E-state index contributed by atoms with van der Waals surface area (Å²) in [6, 6.07) is 0.473. The van der Waals surface area contributed by atoms with E-state index < -0.39 is 0 Å². The Morgan fingerprint density at radius 2 is 2.04 bits per heavy atom. The number of aromatic amines is 1. The number of fused-ring (bicyclic) bond motifs is 4. The van der Waals surface area contributed by atoms with Crippen LogP contribution in [0.4, 0.5) is 5.95 Å². The minimum absolute atomic E-state index is 0.146. The molecular formula is C16H25N7O. The number of piperazine rings is 3. The number of hydrogen-bond donors (Lipinski definition) is 2. The minimum atomic E-state index is -0.221. The second kappa shape index (κ2) is 5.56. The molecule has 0 spiro atoms. The second-order valence-corrected chi connectivity index (χ2v) is 7.75. The second-order valence-electron chi connectivity index (χ2n) is 7.75. The van der Waals surface area contributed by atoms with Gasteiger partial charge in [-0.2, -0.15) is 10.1 Å². The number of nitrogens with one attached hydrogen (secondary N) is 2. The molecule has 2 aromatic heterocycles. The van der Waals surface area contributed by atoms with Gasteiger partial charge in [0.15, 0.2) is 5.65 Å². The van der Waals surface area contributed by atoms with Crippen molar-refractivity contribution in [2.45, 2.75) is 32.4 Å². The lowest BCUT2D eigenvalue weighted by Gasteiger charge is -2.47. The van der Waals surface area contributed by atoms with Gasteiger partial charge in [0, 0.05) is 45.3 Å². The molecule has 0 radical (unpaired) electrons. The van der Waals surface area contributed by atoms with Gasteiger partial charge in [0.05, 0.1) is 11.7 Å². The minimum Gasteiger partial charge on any atom is -0.354 e. The number of anilines is 1. The summed E-state index contributed by atoms with van der Waals surface area (Å²) in [5.74, 6) is 0.524. The Morgan fingerprint density at radius 1 is 1.29 bits per heavy atom. The maximum atomic E-state index is 12.3. The Kier molecular flexibility index (Phi) is 3.61. The zero-order chi connectivity index (χ0) is 16.9. The van der Waals surface area contributed by atoms with E-state index in [1.54, 1.807) is 10.9 Å². The van der Waals surface area contributed by atoms with Crippen molar-refractivity contribution in [2.75, 3.05) is 44.6 Å². The molecule has 1 unspecified atom stereocenters. The number of rotatable bonds is 3. The summed E-state index contributed by atoms with van der Waals surface area (Å²) >= 11 is 0. The molecule has 3 fully saturated rings. The lowest BCUT2D eigenvalue weighted by atomic mass is 10.1. The largest absolute Gasteiger partial charge is 0.354 e. The topological polar surface area (TPSA) is 82.1 Å². The van der Waals surface area contributed by atoms with Crippen LogP contribution >= 0.6 is 0 Å². The number of H-pyrrole nitrogens is 1. The molecule has 2 bridgehead atoms. The molecule has 0 aliphatic carbocycles. The van der Waals surface area contributed by atoms with Crippen molar-refractivity contribution in [3.05, 3.63) is 16.6 Å². The average Bonchev–Trinajstić information content (AvgIpc) is 2.99. The van der Waals surface area contributed by atoms with Gasteiger partial charge in [0.1, 0.15) is 5.39 Å². The van der Waals surface area contributed by atoms with Crippen molar-refractivity contribution < 1.29 is 0 Å². The first-order valence-corrected chi connectivity index (χ1v) is 8.60. The first-order valence-electron chi connectivity index (χ1n) is 8.60.